The lowest BCUT2D eigenvalue weighted by molar-refractivity contribution is -0.131. The summed E-state index contributed by atoms with van der Waals surface area (Å²) >= 11 is 0. The summed E-state index contributed by atoms with van der Waals surface area (Å²) in [6.45, 7) is 5.30. The Hall–Kier alpha value is -2.39. The first-order chi connectivity index (χ1) is 11.2. The van der Waals surface area contributed by atoms with Crippen LogP contribution in [-0.4, -0.2) is 23.9 Å². The third-order valence-corrected chi connectivity index (χ3v) is 4.71. The molecule has 3 rings (SSSR count). The van der Waals surface area contributed by atoms with Crippen LogP contribution in [0.5, 0.6) is 0 Å². The first kappa shape index (κ1) is 15.5. The summed E-state index contributed by atoms with van der Waals surface area (Å²) < 4.78 is 0. The second kappa shape index (κ2) is 6.39. The molecule has 0 saturated carbocycles. The van der Waals surface area contributed by atoms with Crippen molar-refractivity contribution in [2.45, 2.75) is 18.4 Å². The average molecular weight is 306 g/mol. The lowest BCUT2D eigenvalue weighted by Gasteiger charge is -2.46. The Morgan fingerprint density at radius 1 is 1.17 bits per heavy atom. The summed E-state index contributed by atoms with van der Waals surface area (Å²) in [6.07, 6.45) is 3.35. The molecule has 0 saturated heterocycles. The molecule has 2 aromatic rings. The highest BCUT2D eigenvalue weighted by Gasteiger charge is 2.47. The Kier molecular flexibility index (Phi) is 4.30. The monoisotopic (exact) mass is 306 g/mol. The molecule has 2 N–H and O–H groups in total. The summed E-state index contributed by atoms with van der Waals surface area (Å²) in [5.41, 5.74) is 8.51. The predicted octanol–water partition coefficient (Wildman–Crippen LogP) is 2.65. The number of carbonyl (C=O) groups is 1. The second-order valence-corrected chi connectivity index (χ2v) is 6.03. The molecule has 1 amide bonds. The number of rotatable bonds is 5. The second-order valence-electron chi connectivity index (χ2n) is 6.03. The van der Waals surface area contributed by atoms with Gasteiger partial charge in [0.2, 0.25) is 5.91 Å². The number of nitrogens with two attached hydrogens (primary N) is 1. The SMILES string of the molecule is C=CCN1CCc2ccccc2C1(Cc1ccccc1)C(N)=O. The Labute approximate surface area is 137 Å². The van der Waals surface area contributed by atoms with Crippen molar-refractivity contribution >= 4 is 5.91 Å². The van der Waals surface area contributed by atoms with Gasteiger partial charge in [-0.05, 0) is 23.1 Å². The van der Waals surface area contributed by atoms with Crippen LogP contribution in [-0.2, 0) is 23.2 Å². The maximum absolute atomic E-state index is 12.7. The molecule has 118 valence electrons. The van der Waals surface area contributed by atoms with E-state index in [1.54, 1.807) is 0 Å². The quantitative estimate of drug-likeness (QED) is 0.863. The lowest BCUT2D eigenvalue weighted by atomic mass is 9.76. The van der Waals surface area contributed by atoms with Crippen LogP contribution < -0.4 is 5.73 Å². The normalized spacial score (nSPS) is 20.7. The van der Waals surface area contributed by atoms with E-state index in [1.807, 2.05) is 54.6 Å². The van der Waals surface area contributed by atoms with Crippen molar-refractivity contribution in [3.63, 3.8) is 0 Å². The fourth-order valence-electron chi connectivity index (χ4n) is 3.64. The van der Waals surface area contributed by atoms with Crippen LogP contribution in [0.1, 0.15) is 16.7 Å². The molecule has 1 heterocycles. The minimum Gasteiger partial charge on any atom is -0.368 e. The van der Waals surface area contributed by atoms with Gasteiger partial charge in [0, 0.05) is 19.5 Å². The number of carbonyl (C=O) groups excluding carboxylic acids is 1. The van der Waals surface area contributed by atoms with Gasteiger partial charge in [0.25, 0.3) is 0 Å². The number of hydrogen-bond acceptors (Lipinski definition) is 2. The summed E-state index contributed by atoms with van der Waals surface area (Å²) in [7, 11) is 0. The Morgan fingerprint density at radius 3 is 2.57 bits per heavy atom. The van der Waals surface area contributed by atoms with E-state index in [1.165, 1.54) is 5.56 Å². The number of hydrogen-bond donors (Lipinski definition) is 1. The molecule has 0 fully saturated rings. The first-order valence-electron chi connectivity index (χ1n) is 7.96. The highest BCUT2D eigenvalue weighted by molar-refractivity contribution is 5.87. The number of benzene rings is 2. The first-order valence-corrected chi connectivity index (χ1v) is 7.96. The molecular weight excluding hydrogens is 284 g/mol. The van der Waals surface area contributed by atoms with Crippen LogP contribution in [0, 0.1) is 0 Å². The van der Waals surface area contributed by atoms with Crippen molar-refractivity contribution in [1.29, 1.82) is 0 Å². The van der Waals surface area contributed by atoms with Crippen LogP contribution in [0.15, 0.2) is 67.3 Å². The fraction of sp³-hybridized carbons (Fsp3) is 0.250. The molecular formula is C20H22N2O. The Bertz CT molecular complexity index is 711. The molecule has 1 aliphatic rings. The van der Waals surface area contributed by atoms with E-state index in [4.69, 9.17) is 5.73 Å². The van der Waals surface area contributed by atoms with Crippen molar-refractivity contribution in [3.05, 3.63) is 83.9 Å². The third kappa shape index (κ3) is 2.68. The molecule has 1 atom stereocenters. The van der Waals surface area contributed by atoms with Gasteiger partial charge in [-0.3, -0.25) is 9.69 Å². The summed E-state index contributed by atoms with van der Waals surface area (Å²) in [6, 6.07) is 18.2. The van der Waals surface area contributed by atoms with Gasteiger partial charge in [0.1, 0.15) is 5.54 Å². The van der Waals surface area contributed by atoms with Crippen molar-refractivity contribution in [2.75, 3.05) is 13.1 Å². The smallest absolute Gasteiger partial charge is 0.242 e. The molecule has 0 bridgehead atoms. The highest BCUT2D eigenvalue weighted by Crippen LogP contribution is 2.38. The van der Waals surface area contributed by atoms with Gasteiger partial charge >= 0.3 is 0 Å². The molecule has 0 aromatic heterocycles. The molecule has 3 heteroatoms. The van der Waals surface area contributed by atoms with E-state index in [-0.39, 0.29) is 5.91 Å². The standard InChI is InChI=1S/C20H22N2O/c1-2-13-22-14-12-17-10-6-7-11-18(17)20(22,19(21)23)15-16-8-4-3-5-9-16/h2-11H,1,12-15H2,(H2,21,23). The Morgan fingerprint density at radius 2 is 1.87 bits per heavy atom. The Balaban J connectivity index is 2.16. The molecule has 0 spiro atoms. The average Bonchev–Trinajstić information content (AvgIpc) is 2.58. The minimum atomic E-state index is -0.815. The zero-order valence-electron chi connectivity index (χ0n) is 13.2. The van der Waals surface area contributed by atoms with Gasteiger partial charge < -0.3 is 5.73 Å². The summed E-state index contributed by atoms with van der Waals surface area (Å²) in [5.74, 6) is -0.296. The van der Waals surface area contributed by atoms with E-state index >= 15 is 0 Å². The van der Waals surface area contributed by atoms with Crippen molar-refractivity contribution in [3.8, 4) is 0 Å². The van der Waals surface area contributed by atoms with E-state index in [9.17, 15) is 4.79 Å². The van der Waals surface area contributed by atoms with Crippen LogP contribution in [0.25, 0.3) is 0 Å². The number of amides is 1. The van der Waals surface area contributed by atoms with Crippen molar-refractivity contribution in [2.24, 2.45) is 5.73 Å². The highest BCUT2D eigenvalue weighted by atomic mass is 16.1. The number of nitrogens with zero attached hydrogens (tertiary/aromatic N) is 1. The van der Waals surface area contributed by atoms with E-state index < -0.39 is 5.54 Å². The van der Waals surface area contributed by atoms with Crippen molar-refractivity contribution in [1.82, 2.24) is 4.90 Å². The van der Waals surface area contributed by atoms with Gasteiger partial charge in [0.05, 0.1) is 0 Å². The van der Waals surface area contributed by atoms with Gasteiger partial charge in [-0.15, -0.1) is 6.58 Å². The third-order valence-electron chi connectivity index (χ3n) is 4.71. The topological polar surface area (TPSA) is 46.3 Å². The lowest BCUT2D eigenvalue weighted by Crippen LogP contribution is -2.59. The summed E-state index contributed by atoms with van der Waals surface area (Å²) in [5, 5.41) is 0. The molecule has 23 heavy (non-hydrogen) atoms. The molecule has 1 unspecified atom stereocenters. The predicted molar refractivity (Wildman–Crippen MR) is 92.9 cm³/mol. The van der Waals surface area contributed by atoms with Gasteiger partial charge in [-0.2, -0.15) is 0 Å². The molecule has 1 aliphatic heterocycles. The zero-order valence-corrected chi connectivity index (χ0v) is 13.2. The van der Waals surface area contributed by atoms with Gasteiger partial charge in [0.15, 0.2) is 0 Å². The number of primary amides is 1. The maximum Gasteiger partial charge on any atom is 0.242 e. The van der Waals surface area contributed by atoms with Crippen LogP contribution in [0.4, 0.5) is 0 Å². The van der Waals surface area contributed by atoms with Crippen LogP contribution >= 0.6 is 0 Å². The van der Waals surface area contributed by atoms with Gasteiger partial charge in [-0.25, -0.2) is 0 Å². The van der Waals surface area contributed by atoms with Crippen LogP contribution in [0.2, 0.25) is 0 Å². The minimum absolute atomic E-state index is 0.296. The largest absolute Gasteiger partial charge is 0.368 e. The molecule has 2 aromatic carbocycles. The fourth-order valence-corrected chi connectivity index (χ4v) is 3.64. The molecule has 3 nitrogen and oxygen atoms in total. The number of fused-ring (bicyclic) bond motifs is 1. The summed E-state index contributed by atoms with van der Waals surface area (Å²) in [4.78, 5) is 14.8. The maximum atomic E-state index is 12.7. The molecule has 0 radical (unpaired) electrons. The van der Waals surface area contributed by atoms with Crippen molar-refractivity contribution < 1.29 is 4.79 Å². The van der Waals surface area contributed by atoms with E-state index in [0.717, 1.165) is 24.1 Å². The zero-order chi connectivity index (χ0) is 16.3. The molecule has 0 aliphatic carbocycles. The van der Waals surface area contributed by atoms with E-state index in [0.29, 0.717) is 13.0 Å². The van der Waals surface area contributed by atoms with E-state index in [2.05, 4.69) is 17.5 Å². The van der Waals surface area contributed by atoms with Gasteiger partial charge in [-0.1, -0.05) is 60.7 Å². The van der Waals surface area contributed by atoms with Crippen LogP contribution in [0.3, 0.4) is 0 Å².